The summed E-state index contributed by atoms with van der Waals surface area (Å²) in [5.74, 6) is 0.686. The molecule has 2 heterocycles. The monoisotopic (exact) mass is 281 g/mol. The molecule has 1 aliphatic rings. The Labute approximate surface area is 119 Å². The first-order valence-corrected chi connectivity index (χ1v) is 7.00. The van der Waals surface area contributed by atoms with Gasteiger partial charge in [0.1, 0.15) is 5.15 Å². The van der Waals surface area contributed by atoms with Crippen LogP contribution in [0.2, 0.25) is 5.15 Å². The lowest BCUT2D eigenvalue weighted by atomic mass is 9.95. The molecule has 1 aromatic rings. The maximum absolute atomic E-state index is 12.2. The van der Waals surface area contributed by atoms with Crippen molar-refractivity contribution in [2.45, 2.75) is 33.6 Å². The lowest BCUT2D eigenvalue weighted by molar-refractivity contribution is -0.138. The van der Waals surface area contributed by atoms with E-state index in [-0.39, 0.29) is 11.3 Å². The molecule has 1 saturated heterocycles. The molecule has 1 fully saturated rings. The smallest absolute Gasteiger partial charge is 0.227 e. The number of hydrogen-bond donors (Lipinski definition) is 0. The zero-order valence-corrected chi connectivity index (χ0v) is 12.4. The maximum Gasteiger partial charge on any atom is 0.227 e. The number of aromatic nitrogens is 2. The molecule has 104 valence electrons. The van der Waals surface area contributed by atoms with Crippen LogP contribution >= 0.6 is 11.6 Å². The van der Waals surface area contributed by atoms with Gasteiger partial charge in [0.15, 0.2) is 0 Å². The molecule has 19 heavy (non-hydrogen) atoms. The van der Waals surface area contributed by atoms with Crippen molar-refractivity contribution < 1.29 is 4.79 Å². The average molecular weight is 282 g/mol. The van der Waals surface area contributed by atoms with Gasteiger partial charge in [0.25, 0.3) is 0 Å². The number of amides is 1. The van der Waals surface area contributed by atoms with Crippen molar-refractivity contribution in [3.8, 4) is 0 Å². The number of rotatable bonds is 2. The van der Waals surface area contributed by atoms with Crippen LogP contribution in [0.4, 0.5) is 0 Å². The minimum Gasteiger partial charge on any atom is -0.342 e. The second-order valence-corrected chi connectivity index (χ2v) is 6.58. The molecular weight excluding hydrogens is 262 g/mol. The number of nitrogens with zero attached hydrogens (tertiary/aromatic N) is 3. The Kier molecular flexibility index (Phi) is 4.09. The molecule has 1 aliphatic heterocycles. The Morgan fingerprint density at radius 1 is 1.47 bits per heavy atom. The first-order chi connectivity index (χ1) is 8.86. The number of halogens is 1. The molecule has 5 heteroatoms. The van der Waals surface area contributed by atoms with Gasteiger partial charge in [-0.25, -0.2) is 4.98 Å². The van der Waals surface area contributed by atoms with E-state index in [1.54, 1.807) is 6.20 Å². The van der Waals surface area contributed by atoms with Gasteiger partial charge in [-0.3, -0.25) is 9.78 Å². The highest BCUT2D eigenvalue weighted by Gasteiger charge is 2.32. The largest absolute Gasteiger partial charge is 0.342 e. The number of carbonyl (C=O) groups is 1. The van der Waals surface area contributed by atoms with Gasteiger partial charge in [-0.15, -0.1) is 0 Å². The highest BCUT2D eigenvalue weighted by Crippen LogP contribution is 2.25. The van der Waals surface area contributed by atoms with Gasteiger partial charge in [0, 0.05) is 24.7 Å². The van der Waals surface area contributed by atoms with Crippen LogP contribution in [0.15, 0.2) is 12.4 Å². The van der Waals surface area contributed by atoms with Crippen molar-refractivity contribution in [2.75, 3.05) is 13.1 Å². The highest BCUT2D eigenvalue weighted by molar-refractivity contribution is 6.29. The van der Waals surface area contributed by atoms with E-state index in [9.17, 15) is 4.79 Å². The van der Waals surface area contributed by atoms with Gasteiger partial charge in [-0.05, 0) is 18.8 Å². The van der Waals surface area contributed by atoms with Gasteiger partial charge < -0.3 is 4.90 Å². The third kappa shape index (κ3) is 3.66. The van der Waals surface area contributed by atoms with Crippen LogP contribution in [-0.4, -0.2) is 33.9 Å². The summed E-state index contributed by atoms with van der Waals surface area (Å²) in [5, 5.41) is 0.429. The van der Waals surface area contributed by atoms with Gasteiger partial charge in [-0.2, -0.15) is 0 Å². The van der Waals surface area contributed by atoms with E-state index in [4.69, 9.17) is 11.6 Å². The zero-order valence-electron chi connectivity index (χ0n) is 11.7. The van der Waals surface area contributed by atoms with Gasteiger partial charge in [0.2, 0.25) is 5.91 Å². The molecule has 0 bridgehead atoms. The number of carbonyl (C=O) groups excluding carboxylic acids is 1. The van der Waals surface area contributed by atoms with Crippen LogP contribution in [0.3, 0.4) is 0 Å². The predicted molar refractivity (Wildman–Crippen MR) is 74.9 cm³/mol. The zero-order chi connectivity index (χ0) is 14.0. The quantitative estimate of drug-likeness (QED) is 0.837. The van der Waals surface area contributed by atoms with Crippen LogP contribution < -0.4 is 0 Å². The maximum atomic E-state index is 12.2. The van der Waals surface area contributed by atoms with Crippen molar-refractivity contribution in [1.29, 1.82) is 0 Å². The summed E-state index contributed by atoms with van der Waals surface area (Å²) in [4.78, 5) is 22.5. The third-order valence-electron chi connectivity index (χ3n) is 3.37. The lowest BCUT2D eigenvalue weighted by Gasteiger charge is -2.25. The Bertz CT molecular complexity index is 470. The Morgan fingerprint density at radius 3 is 2.84 bits per heavy atom. The summed E-state index contributed by atoms with van der Waals surface area (Å²) in [6.07, 6.45) is 5.15. The van der Waals surface area contributed by atoms with Crippen molar-refractivity contribution >= 4 is 17.5 Å². The summed E-state index contributed by atoms with van der Waals surface area (Å²) in [5.41, 5.74) is 0.604. The van der Waals surface area contributed by atoms with Crippen LogP contribution in [0.1, 0.15) is 32.9 Å². The topological polar surface area (TPSA) is 46.1 Å². The molecule has 0 saturated carbocycles. The molecule has 2 rings (SSSR count). The molecule has 1 aromatic heterocycles. The number of hydrogen-bond acceptors (Lipinski definition) is 3. The molecule has 0 aromatic carbocycles. The van der Waals surface area contributed by atoms with E-state index in [2.05, 4.69) is 9.97 Å². The summed E-state index contributed by atoms with van der Waals surface area (Å²) in [7, 11) is 0. The van der Waals surface area contributed by atoms with Crippen LogP contribution in [-0.2, 0) is 11.2 Å². The van der Waals surface area contributed by atoms with Crippen LogP contribution in [0.5, 0.6) is 0 Å². The van der Waals surface area contributed by atoms with E-state index in [0.717, 1.165) is 31.6 Å². The summed E-state index contributed by atoms with van der Waals surface area (Å²) < 4.78 is 0. The molecule has 4 nitrogen and oxygen atoms in total. The second kappa shape index (κ2) is 5.45. The second-order valence-electron chi connectivity index (χ2n) is 6.19. The average Bonchev–Trinajstić information content (AvgIpc) is 2.75. The Balaban J connectivity index is 1.94. The minimum atomic E-state index is -0.301. The summed E-state index contributed by atoms with van der Waals surface area (Å²) in [6.45, 7) is 7.54. The fraction of sp³-hybridized carbons (Fsp3) is 0.643. The standard InChI is InChI=1S/C14H20ClN3O/c1-14(2,3)13(19)18-5-4-10(9-18)6-11-7-16-8-12(15)17-11/h7-8,10H,4-6,9H2,1-3H3. The van der Waals surface area contributed by atoms with E-state index in [1.165, 1.54) is 6.20 Å². The highest BCUT2D eigenvalue weighted by atomic mass is 35.5. The van der Waals surface area contributed by atoms with E-state index >= 15 is 0 Å². The Morgan fingerprint density at radius 2 is 2.21 bits per heavy atom. The normalized spacial score (nSPS) is 19.8. The fourth-order valence-electron chi connectivity index (χ4n) is 2.43. The summed E-state index contributed by atoms with van der Waals surface area (Å²) in [6, 6.07) is 0. The molecule has 1 atom stereocenters. The molecule has 0 N–H and O–H groups in total. The van der Waals surface area contributed by atoms with E-state index < -0.39 is 0 Å². The van der Waals surface area contributed by atoms with E-state index in [0.29, 0.717) is 11.1 Å². The molecule has 0 aliphatic carbocycles. The van der Waals surface area contributed by atoms with Gasteiger partial charge >= 0.3 is 0 Å². The fourth-order valence-corrected chi connectivity index (χ4v) is 2.60. The first kappa shape index (κ1) is 14.3. The SMILES string of the molecule is CC(C)(C)C(=O)N1CCC(Cc2cncc(Cl)n2)C1. The minimum absolute atomic E-state index is 0.229. The number of likely N-dealkylation sites (tertiary alicyclic amines) is 1. The van der Waals surface area contributed by atoms with Gasteiger partial charge in [-0.1, -0.05) is 32.4 Å². The van der Waals surface area contributed by atoms with Crippen molar-refractivity contribution in [3.63, 3.8) is 0 Å². The third-order valence-corrected chi connectivity index (χ3v) is 3.55. The van der Waals surface area contributed by atoms with Crippen molar-refractivity contribution in [3.05, 3.63) is 23.2 Å². The molecule has 0 radical (unpaired) electrons. The lowest BCUT2D eigenvalue weighted by Crippen LogP contribution is -2.38. The molecule has 0 spiro atoms. The molecular formula is C14H20ClN3O. The molecule has 1 amide bonds. The predicted octanol–water partition coefficient (Wildman–Crippen LogP) is 2.57. The van der Waals surface area contributed by atoms with Crippen LogP contribution in [0, 0.1) is 11.3 Å². The van der Waals surface area contributed by atoms with E-state index in [1.807, 2.05) is 25.7 Å². The molecule has 1 unspecified atom stereocenters. The van der Waals surface area contributed by atoms with Crippen molar-refractivity contribution in [1.82, 2.24) is 14.9 Å². The first-order valence-electron chi connectivity index (χ1n) is 6.62. The van der Waals surface area contributed by atoms with Crippen molar-refractivity contribution in [2.24, 2.45) is 11.3 Å². The Hall–Kier alpha value is -1.16. The van der Waals surface area contributed by atoms with Gasteiger partial charge in [0.05, 0.1) is 11.9 Å². The van der Waals surface area contributed by atoms with Crippen LogP contribution in [0.25, 0.3) is 0 Å². The summed E-state index contributed by atoms with van der Waals surface area (Å²) >= 11 is 5.83.